The van der Waals surface area contributed by atoms with Crippen LogP contribution in [-0.2, 0) is 18.6 Å². The van der Waals surface area contributed by atoms with Gasteiger partial charge in [-0.25, -0.2) is 14.4 Å². The minimum atomic E-state index is -4.82. The Balaban J connectivity index is 2.31. The van der Waals surface area contributed by atoms with Gasteiger partial charge in [-0.3, -0.25) is 13.9 Å². The first-order valence-electron chi connectivity index (χ1n) is 8.20. The molecule has 2 heterocycles. The normalized spacial score (nSPS) is 28.5. The van der Waals surface area contributed by atoms with Gasteiger partial charge in [0.2, 0.25) is 5.72 Å². The molecule has 2 unspecified atom stereocenters. The Morgan fingerprint density at radius 2 is 2.23 bits per heavy atom. The highest BCUT2D eigenvalue weighted by molar-refractivity contribution is 7.50. The number of carboxylic acids is 1. The number of rotatable bonds is 8. The SMILES string of the molecule is CC(C)(NP(=O)(O)OC[C@@]1(N=[N+]=[N-])O[C@@H](n2ccc(N)nc2=O)C(O)[C@@H]1O)C(=O)O. The molecule has 7 N–H and O–H groups in total. The molecular weight excluding hydrogens is 429 g/mol. The van der Waals surface area contributed by atoms with Gasteiger partial charge in [0.1, 0.15) is 23.6 Å². The molecule has 0 bridgehead atoms. The third kappa shape index (κ3) is 4.77. The lowest BCUT2D eigenvalue weighted by molar-refractivity contribution is -0.143. The smallest absolute Gasteiger partial charge is 0.403 e. The van der Waals surface area contributed by atoms with Gasteiger partial charge < -0.3 is 30.7 Å². The van der Waals surface area contributed by atoms with Crippen LogP contribution in [0.15, 0.2) is 22.2 Å². The molecule has 5 atom stereocenters. The minimum absolute atomic E-state index is 0.123. The summed E-state index contributed by atoms with van der Waals surface area (Å²) < 4.78 is 23.1. The van der Waals surface area contributed by atoms with E-state index < -0.39 is 55.7 Å². The van der Waals surface area contributed by atoms with Crippen LogP contribution in [0.25, 0.3) is 10.4 Å². The molecule has 0 saturated carbocycles. The summed E-state index contributed by atoms with van der Waals surface area (Å²) in [7, 11) is -4.82. The Morgan fingerprint density at radius 3 is 2.77 bits per heavy atom. The number of carbonyl (C=O) groups is 1. The lowest BCUT2D eigenvalue weighted by Gasteiger charge is -2.29. The number of anilines is 1. The molecule has 0 amide bonds. The summed E-state index contributed by atoms with van der Waals surface area (Å²) >= 11 is 0. The zero-order valence-electron chi connectivity index (χ0n) is 15.7. The number of nitrogens with one attached hydrogen (secondary N) is 1. The number of hydrogen-bond acceptors (Lipinski definition) is 10. The van der Waals surface area contributed by atoms with E-state index in [1.165, 1.54) is 6.07 Å². The maximum atomic E-state index is 12.2. The number of azide groups is 1. The Labute approximate surface area is 168 Å². The monoisotopic (exact) mass is 449 g/mol. The summed E-state index contributed by atoms with van der Waals surface area (Å²) in [6, 6.07) is 1.20. The topological polar surface area (TPSA) is 255 Å². The Bertz CT molecular complexity index is 978. The Hall–Kier alpha value is -2.55. The Kier molecular flexibility index (Phi) is 6.56. The molecule has 166 valence electrons. The third-order valence-corrected chi connectivity index (χ3v) is 5.46. The van der Waals surface area contributed by atoms with E-state index in [0.29, 0.717) is 0 Å². The average Bonchev–Trinajstić information content (AvgIpc) is 2.85. The van der Waals surface area contributed by atoms with Crippen molar-refractivity contribution in [3.8, 4) is 0 Å². The molecule has 0 spiro atoms. The highest BCUT2D eigenvalue weighted by Crippen LogP contribution is 2.45. The zero-order valence-corrected chi connectivity index (χ0v) is 16.6. The van der Waals surface area contributed by atoms with E-state index in [1.54, 1.807) is 0 Å². The van der Waals surface area contributed by atoms with E-state index in [2.05, 4.69) is 15.0 Å². The highest BCUT2D eigenvalue weighted by atomic mass is 31.2. The maximum Gasteiger partial charge on any atom is 0.403 e. The summed E-state index contributed by atoms with van der Waals surface area (Å²) in [5, 5.41) is 34.8. The number of nitrogen functional groups attached to an aromatic ring is 1. The molecule has 1 aliphatic heterocycles. The van der Waals surface area contributed by atoms with Crippen LogP contribution in [-0.4, -0.2) is 65.8 Å². The molecular formula is C13H20N7O9P. The number of aliphatic hydroxyl groups excluding tert-OH is 2. The van der Waals surface area contributed by atoms with Gasteiger partial charge in [-0.05, 0) is 25.4 Å². The molecule has 0 radical (unpaired) electrons. The van der Waals surface area contributed by atoms with E-state index in [1.807, 2.05) is 5.09 Å². The molecule has 1 fully saturated rings. The predicted octanol–water partition coefficient (Wildman–Crippen LogP) is -1.35. The second-order valence-corrected chi connectivity index (χ2v) is 8.38. The number of aromatic nitrogens is 2. The van der Waals surface area contributed by atoms with Crippen molar-refractivity contribution in [1.29, 1.82) is 0 Å². The van der Waals surface area contributed by atoms with Gasteiger partial charge in [0, 0.05) is 11.1 Å². The number of aliphatic hydroxyl groups is 2. The van der Waals surface area contributed by atoms with Crippen molar-refractivity contribution >= 4 is 19.5 Å². The van der Waals surface area contributed by atoms with Crippen molar-refractivity contribution in [2.45, 2.75) is 43.5 Å². The average molecular weight is 449 g/mol. The fraction of sp³-hybridized carbons (Fsp3) is 0.615. The highest BCUT2D eigenvalue weighted by Gasteiger charge is 2.56. The minimum Gasteiger partial charge on any atom is -0.480 e. The standard InChI is InChI=1S/C13H20N7O9P/c1-12(2,10(23)24)18-30(26,27)28-5-13(17-19-15)8(22)7(21)9(29-13)20-4-3-6(14)16-11(20)25/h3-4,7-9,21-22H,5H2,1-2H3,(H,23,24)(H2,14,16,25)(H2,18,26,27)/t7?,8-,9+,13+/m0/s1. The van der Waals surface area contributed by atoms with E-state index in [-0.39, 0.29) is 5.82 Å². The zero-order chi connectivity index (χ0) is 22.9. The largest absolute Gasteiger partial charge is 0.480 e. The van der Waals surface area contributed by atoms with E-state index >= 15 is 0 Å². The fourth-order valence-corrected chi connectivity index (χ4v) is 3.76. The molecule has 16 nitrogen and oxygen atoms in total. The summed E-state index contributed by atoms with van der Waals surface area (Å²) in [4.78, 5) is 38.9. The van der Waals surface area contributed by atoms with Crippen molar-refractivity contribution in [2.24, 2.45) is 5.11 Å². The number of ether oxygens (including phenoxy) is 1. The molecule has 30 heavy (non-hydrogen) atoms. The van der Waals surface area contributed by atoms with Gasteiger partial charge in [0.05, 0.1) is 6.61 Å². The predicted molar refractivity (Wildman–Crippen MR) is 97.5 cm³/mol. The quantitative estimate of drug-likeness (QED) is 0.117. The maximum absolute atomic E-state index is 12.2. The van der Waals surface area contributed by atoms with Gasteiger partial charge in [0.25, 0.3) is 0 Å². The molecule has 1 aliphatic rings. The van der Waals surface area contributed by atoms with E-state index in [0.717, 1.165) is 24.6 Å². The number of nitrogens with two attached hydrogens (primary N) is 1. The molecule has 1 aromatic heterocycles. The van der Waals surface area contributed by atoms with Crippen LogP contribution in [0.5, 0.6) is 0 Å². The van der Waals surface area contributed by atoms with Crippen LogP contribution < -0.4 is 16.5 Å². The van der Waals surface area contributed by atoms with Crippen LogP contribution in [0, 0.1) is 0 Å². The molecule has 0 aliphatic carbocycles. The van der Waals surface area contributed by atoms with Gasteiger partial charge in [-0.15, -0.1) is 0 Å². The van der Waals surface area contributed by atoms with Crippen molar-refractivity contribution in [3.63, 3.8) is 0 Å². The first-order chi connectivity index (χ1) is 13.7. The summed E-state index contributed by atoms with van der Waals surface area (Å²) in [6.07, 6.45) is -4.36. The van der Waals surface area contributed by atoms with Gasteiger partial charge in [-0.2, -0.15) is 4.98 Å². The van der Waals surface area contributed by atoms with Gasteiger partial charge in [-0.1, -0.05) is 5.11 Å². The molecule has 0 aromatic carbocycles. The van der Waals surface area contributed by atoms with Crippen LogP contribution in [0.1, 0.15) is 20.1 Å². The third-order valence-electron chi connectivity index (χ3n) is 4.14. The second kappa shape index (κ2) is 8.29. The molecule has 1 aromatic rings. The summed E-state index contributed by atoms with van der Waals surface area (Å²) in [6.45, 7) is 1.09. The second-order valence-electron chi connectivity index (χ2n) is 6.86. The van der Waals surface area contributed by atoms with Crippen molar-refractivity contribution in [1.82, 2.24) is 14.6 Å². The first kappa shape index (κ1) is 23.7. The number of hydrogen-bond donors (Lipinski definition) is 6. The van der Waals surface area contributed by atoms with E-state index in [9.17, 15) is 29.3 Å². The van der Waals surface area contributed by atoms with E-state index in [4.69, 9.17) is 25.6 Å². The van der Waals surface area contributed by atoms with Crippen molar-refractivity contribution < 1.29 is 38.8 Å². The molecule has 2 rings (SSSR count). The number of aliphatic carboxylic acids is 1. The summed E-state index contributed by atoms with van der Waals surface area (Å²) in [5.41, 5.74) is 8.95. The van der Waals surface area contributed by atoms with Gasteiger partial charge >= 0.3 is 19.4 Å². The lowest BCUT2D eigenvalue weighted by Crippen LogP contribution is -2.47. The first-order valence-corrected chi connectivity index (χ1v) is 9.77. The number of nitrogens with zero attached hydrogens (tertiary/aromatic N) is 5. The number of carboxylic acid groups (broad SMARTS) is 1. The molecule has 1 saturated heterocycles. The lowest BCUT2D eigenvalue weighted by atomic mass is 10.1. The van der Waals surface area contributed by atoms with Crippen LogP contribution >= 0.6 is 7.75 Å². The summed E-state index contributed by atoms with van der Waals surface area (Å²) in [5.74, 6) is -1.59. The van der Waals surface area contributed by atoms with Crippen molar-refractivity contribution in [2.75, 3.05) is 12.3 Å². The fourth-order valence-electron chi connectivity index (χ4n) is 2.53. The van der Waals surface area contributed by atoms with Crippen LogP contribution in [0.4, 0.5) is 5.82 Å². The van der Waals surface area contributed by atoms with Gasteiger partial charge in [0.15, 0.2) is 6.23 Å². The molecule has 17 heteroatoms. The van der Waals surface area contributed by atoms with Crippen LogP contribution in [0.3, 0.4) is 0 Å². The van der Waals surface area contributed by atoms with Crippen LogP contribution in [0.2, 0.25) is 0 Å². The Morgan fingerprint density at radius 1 is 1.60 bits per heavy atom. The van der Waals surface area contributed by atoms with Crippen molar-refractivity contribution in [3.05, 3.63) is 33.2 Å².